The fourth-order valence-electron chi connectivity index (χ4n) is 4.51. The molecule has 1 fully saturated rings. The number of methoxy groups -OCH3 is 1. The van der Waals surface area contributed by atoms with Gasteiger partial charge >= 0.3 is 5.97 Å². The number of carbonyl (C=O) groups is 3. The predicted molar refractivity (Wildman–Crippen MR) is 152 cm³/mol. The van der Waals surface area contributed by atoms with Gasteiger partial charge in [-0.3, -0.25) is 24.2 Å². The molecule has 0 N–H and O–H groups in total. The van der Waals surface area contributed by atoms with E-state index in [9.17, 15) is 14.4 Å². The number of aromatic nitrogens is 1. The van der Waals surface area contributed by atoms with Crippen LogP contribution in [0.25, 0.3) is 17.0 Å². The largest absolute Gasteiger partial charge is 0.468 e. The number of ether oxygens (including phenoxy) is 1. The van der Waals surface area contributed by atoms with Crippen LogP contribution in [0.4, 0.5) is 11.4 Å². The lowest BCUT2D eigenvalue weighted by molar-refractivity contribution is -0.141. The van der Waals surface area contributed by atoms with Crippen molar-refractivity contribution in [1.29, 1.82) is 0 Å². The number of thiocarbonyl (C=S) groups is 1. The number of para-hydroxylation sites is 2. The molecule has 1 saturated heterocycles. The first-order valence-electron chi connectivity index (χ1n) is 12.0. The van der Waals surface area contributed by atoms with Crippen LogP contribution in [0.1, 0.15) is 16.7 Å². The van der Waals surface area contributed by atoms with Crippen molar-refractivity contribution in [3.8, 4) is 0 Å². The molecule has 1 aliphatic rings. The van der Waals surface area contributed by atoms with E-state index in [1.54, 1.807) is 29.0 Å². The molecule has 0 bridgehead atoms. The third kappa shape index (κ3) is 4.39. The molecule has 0 aliphatic carbocycles. The Kier molecular flexibility index (Phi) is 6.65. The second-order valence-corrected chi connectivity index (χ2v) is 9.40. The van der Waals surface area contributed by atoms with Crippen LogP contribution in [0.5, 0.6) is 0 Å². The van der Waals surface area contributed by atoms with Gasteiger partial charge in [0.25, 0.3) is 11.8 Å². The Morgan fingerprint density at radius 3 is 2.21 bits per heavy atom. The summed E-state index contributed by atoms with van der Waals surface area (Å²) >= 11 is 5.73. The van der Waals surface area contributed by atoms with E-state index in [1.807, 2.05) is 74.5 Å². The van der Waals surface area contributed by atoms with Crippen molar-refractivity contribution in [2.45, 2.75) is 20.4 Å². The molecule has 0 spiro atoms. The van der Waals surface area contributed by atoms with E-state index < -0.39 is 17.8 Å². The highest BCUT2D eigenvalue weighted by molar-refractivity contribution is 7.81. The summed E-state index contributed by atoms with van der Waals surface area (Å²) in [5.41, 5.74) is 4.58. The van der Waals surface area contributed by atoms with Gasteiger partial charge < -0.3 is 9.30 Å². The molecule has 38 heavy (non-hydrogen) atoms. The summed E-state index contributed by atoms with van der Waals surface area (Å²) in [6.45, 7) is 3.95. The molecule has 0 atom stereocenters. The molecule has 4 aromatic rings. The molecule has 190 valence electrons. The quantitative estimate of drug-likeness (QED) is 0.156. The Labute approximate surface area is 225 Å². The summed E-state index contributed by atoms with van der Waals surface area (Å²) in [6.07, 6.45) is 3.32. The van der Waals surface area contributed by atoms with Gasteiger partial charge in [-0.2, -0.15) is 0 Å². The highest BCUT2D eigenvalue weighted by Crippen LogP contribution is 2.32. The second-order valence-electron chi connectivity index (χ2n) is 9.03. The summed E-state index contributed by atoms with van der Waals surface area (Å²) in [6, 6.07) is 22.1. The first-order chi connectivity index (χ1) is 18.3. The Morgan fingerprint density at radius 2 is 1.53 bits per heavy atom. The summed E-state index contributed by atoms with van der Waals surface area (Å²) in [5.74, 6) is -1.44. The molecule has 1 aliphatic heterocycles. The topological polar surface area (TPSA) is 71.8 Å². The summed E-state index contributed by atoms with van der Waals surface area (Å²) < 4.78 is 6.58. The minimum absolute atomic E-state index is 0.00290. The molecule has 1 aromatic heterocycles. The fourth-order valence-corrected chi connectivity index (χ4v) is 4.88. The monoisotopic (exact) mass is 523 g/mol. The number of anilines is 2. The SMILES string of the molecule is COC(=O)Cn1cc(/C=C2/C(=O)N(c3ccccc3)C(=S)N(c3ccc(C)c(C)c3)C2=O)c2ccccc21. The van der Waals surface area contributed by atoms with Crippen LogP contribution < -0.4 is 9.80 Å². The first-order valence-corrected chi connectivity index (χ1v) is 12.4. The van der Waals surface area contributed by atoms with E-state index in [0.29, 0.717) is 16.9 Å². The van der Waals surface area contributed by atoms with E-state index in [-0.39, 0.29) is 17.2 Å². The lowest BCUT2D eigenvalue weighted by atomic mass is 10.0. The number of benzene rings is 3. The predicted octanol–water partition coefficient (Wildman–Crippen LogP) is 5.18. The number of nitrogens with zero attached hydrogens (tertiary/aromatic N) is 3. The Bertz CT molecular complexity index is 1640. The minimum atomic E-state index is -0.518. The summed E-state index contributed by atoms with van der Waals surface area (Å²) in [7, 11) is 1.33. The third-order valence-electron chi connectivity index (χ3n) is 6.66. The van der Waals surface area contributed by atoms with E-state index in [1.165, 1.54) is 16.9 Å². The second kappa shape index (κ2) is 10.1. The van der Waals surface area contributed by atoms with E-state index in [4.69, 9.17) is 17.0 Å². The van der Waals surface area contributed by atoms with Gasteiger partial charge in [0, 0.05) is 22.7 Å². The highest BCUT2D eigenvalue weighted by Gasteiger charge is 2.41. The first kappa shape index (κ1) is 25.1. The molecule has 7 nitrogen and oxygen atoms in total. The zero-order valence-corrected chi connectivity index (χ0v) is 22.0. The van der Waals surface area contributed by atoms with Crippen molar-refractivity contribution < 1.29 is 19.1 Å². The number of esters is 1. The van der Waals surface area contributed by atoms with Crippen LogP contribution in [0.15, 0.2) is 84.6 Å². The maximum Gasteiger partial charge on any atom is 0.325 e. The molecule has 2 amide bonds. The number of aryl methyl sites for hydroxylation is 2. The molecule has 2 heterocycles. The number of amides is 2. The Hall–Kier alpha value is -4.56. The zero-order valence-electron chi connectivity index (χ0n) is 21.2. The minimum Gasteiger partial charge on any atom is -0.468 e. The number of carbonyl (C=O) groups excluding carboxylic acids is 3. The molecule has 0 saturated carbocycles. The van der Waals surface area contributed by atoms with Crippen molar-refractivity contribution in [3.05, 3.63) is 101 Å². The van der Waals surface area contributed by atoms with Gasteiger partial charge in [0.05, 0.1) is 18.5 Å². The van der Waals surface area contributed by atoms with E-state index in [2.05, 4.69) is 0 Å². The molecular weight excluding hydrogens is 498 g/mol. The summed E-state index contributed by atoms with van der Waals surface area (Å²) in [4.78, 5) is 42.6. The van der Waals surface area contributed by atoms with Crippen molar-refractivity contribution >= 4 is 63.5 Å². The van der Waals surface area contributed by atoms with Gasteiger partial charge in [-0.05, 0) is 73.6 Å². The zero-order chi connectivity index (χ0) is 27.0. The molecule has 5 rings (SSSR count). The lowest BCUT2D eigenvalue weighted by Crippen LogP contribution is -2.57. The number of rotatable bonds is 5. The Balaban J connectivity index is 1.69. The molecule has 3 aromatic carbocycles. The number of hydrogen-bond donors (Lipinski definition) is 0. The molecule has 0 radical (unpaired) electrons. The average molecular weight is 524 g/mol. The summed E-state index contributed by atoms with van der Waals surface area (Å²) in [5, 5.41) is 0.876. The third-order valence-corrected chi connectivity index (χ3v) is 7.02. The van der Waals surface area contributed by atoms with Crippen molar-refractivity contribution in [3.63, 3.8) is 0 Å². The lowest BCUT2D eigenvalue weighted by Gasteiger charge is -2.36. The van der Waals surface area contributed by atoms with Gasteiger partial charge in [0.1, 0.15) is 12.1 Å². The van der Waals surface area contributed by atoms with Gasteiger partial charge in [-0.25, -0.2) is 0 Å². The van der Waals surface area contributed by atoms with Crippen LogP contribution in [-0.2, 0) is 25.7 Å². The van der Waals surface area contributed by atoms with Gasteiger partial charge in [0.2, 0.25) is 0 Å². The molecular formula is C30H25N3O4S. The molecule has 0 unspecified atom stereocenters. The van der Waals surface area contributed by atoms with Crippen molar-refractivity contribution in [2.75, 3.05) is 16.9 Å². The van der Waals surface area contributed by atoms with Crippen LogP contribution in [-0.4, -0.2) is 34.6 Å². The van der Waals surface area contributed by atoms with E-state index in [0.717, 1.165) is 22.0 Å². The number of hydrogen-bond acceptors (Lipinski definition) is 5. The Morgan fingerprint density at radius 1 is 0.868 bits per heavy atom. The standard InChI is InChI=1S/C30H25N3O4S/c1-19-13-14-23(15-20(19)2)33-29(36)25(28(35)32(30(33)38)22-9-5-4-6-10-22)16-21-17-31(18-27(34)37-3)26-12-8-7-11-24(21)26/h4-17H,18H2,1-3H3/b25-16-. The van der Waals surface area contributed by atoms with Crippen molar-refractivity contribution in [1.82, 2.24) is 4.57 Å². The van der Waals surface area contributed by atoms with Gasteiger partial charge in [0.15, 0.2) is 5.11 Å². The fraction of sp³-hybridized carbons (Fsp3) is 0.133. The average Bonchev–Trinajstić information content (AvgIpc) is 3.26. The smallest absolute Gasteiger partial charge is 0.325 e. The van der Waals surface area contributed by atoms with Gasteiger partial charge in [-0.1, -0.05) is 42.5 Å². The molecule has 8 heteroatoms. The van der Waals surface area contributed by atoms with Crippen LogP contribution in [0, 0.1) is 13.8 Å². The van der Waals surface area contributed by atoms with E-state index >= 15 is 0 Å². The number of fused-ring (bicyclic) bond motifs is 1. The van der Waals surface area contributed by atoms with Crippen LogP contribution in [0.3, 0.4) is 0 Å². The maximum absolute atomic E-state index is 13.9. The normalized spacial score (nSPS) is 15.0. The van der Waals surface area contributed by atoms with Crippen LogP contribution >= 0.6 is 12.2 Å². The highest BCUT2D eigenvalue weighted by atomic mass is 32.1. The van der Waals surface area contributed by atoms with Gasteiger partial charge in [-0.15, -0.1) is 0 Å². The van der Waals surface area contributed by atoms with Crippen LogP contribution in [0.2, 0.25) is 0 Å². The maximum atomic E-state index is 13.9. The van der Waals surface area contributed by atoms with Crippen molar-refractivity contribution in [2.24, 2.45) is 0 Å².